The van der Waals surface area contributed by atoms with Crippen LogP contribution in [0.4, 0.5) is 0 Å². The number of nitrogens with one attached hydrogen (secondary N) is 2. The summed E-state index contributed by atoms with van der Waals surface area (Å²) in [6.45, 7) is 6.39. The van der Waals surface area contributed by atoms with Crippen molar-refractivity contribution in [1.29, 1.82) is 0 Å². The number of hydrogen-bond acceptors (Lipinski definition) is 3. The van der Waals surface area contributed by atoms with E-state index in [1.54, 1.807) is 24.3 Å². The van der Waals surface area contributed by atoms with Crippen molar-refractivity contribution in [2.75, 3.05) is 13.7 Å². The number of rotatable bonds is 8. The molecule has 0 heterocycles. The molecule has 0 aliphatic carbocycles. The average Bonchev–Trinajstić information content (AvgIpc) is 2.70. The Morgan fingerprint density at radius 2 is 1.59 bits per heavy atom. The van der Waals surface area contributed by atoms with E-state index in [0.29, 0.717) is 17.9 Å². The molecule has 0 saturated carbocycles. The lowest BCUT2D eigenvalue weighted by atomic mass is 9.99. The molecule has 0 spiro atoms. The van der Waals surface area contributed by atoms with E-state index in [2.05, 4.69) is 17.6 Å². The molecule has 2 N–H and O–H groups in total. The maximum absolute atomic E-state index is 12.7. The highest BCUT2D eigenvalue weighted by Gasteiger charge is 2.26. The number of ether oxygens (including phenoxy) is 1. The van der Waals surface area contributed by atoms with Crippen molar-refractivity contribution in [3.63, 3.8) is 0 Å². The van der Waals surface area contributed by atoms with Crippen molar-refractivity contribution in [2.45, 2.75) is 32.7 Å². The number of benzene rings is 2. The second kappa shape index (κ2) is 9.76. The molecule has 0 bridgehead atoms. The first-order valence-electron chi connectivity index (χ1n) is 9.20. The molecule has 2 atom stereocenters. The fourth-order valence-corrected chi connectivity index (χ4v) is 2.85. The lowest BCUT2D eigenvalue weighted by Gasteiger charge is -2.23. The molecule has 144 valence electrons. The number of para-hydroxylation sites is 1. The van der Waals surface area contributed by atoms with Crippen LogP contribution in [0.25, 0.3) is 0 Å². The number of hydrogen-bond donors (Lipinski definition) is 2. The summed E-state index contributed by atoms with van der Waals surface area (Å²) in [4.78, 5) is 25.3. The zero-order chi connectivity index (χ0) is 19.8. The first kappa shape index (κ1) is 20.5. The molecule has 2 aromatic rings. The Labute approximate surface area is 161 Å². The Balaban J connectivity index is 2.01. The smallest absolute Gasteiger partial charge is 0.255 e. The monoisotopic (exact) mass is 368 g/mol. The summed E-state index contributed by atoms with van der Waals surface area (Å²) in [7, 11) is 1.52. The van der Waals surface area contributed by atoms with Gasteiger partial charge in [-0.2, -0.15) is 0 Å². The second-order valence-electron chi connectivity index (χ2n) is 6.95. The zero-order valence-corrected chi connectivity index (χ0v) is 16.4. The Kier molecular flexibility index (Phi) is 7.41. The van der Waals surface area contributed by atoms with Crippen molar-refractivity contribution in [3.05, 3.63) is 65.7 Å². The summed E-state index contributed by atoms with van der Waals surface area (Å²) < 4.78 is 5.24. The molecule has 0 aliphatic heterocycles. The van der Waals surface area contributed by atoms with Gasteiger partial charge in [0.05, 0.1) is 12.7 Å². The summed E-state index contributed by atoms with van der Waals surface area (Å²) in [5.74, 6) is 0.118. The summed E-state index contributed by atoms with van der Waals surface area (Å²) in [5.41, 5.74) is 1.58. The van der Waals surface area contributed by atoms with Gasteiger partial charge in [0.25, 0.3) is 5.91 Å². The minimum atomic E-state index is -0.620. The van der Waals surface area contributed by atoms with Gasteiger partial charge in [-0.3, -0.25) is 9.59 Å². The predicted molar refractivity (Wildman–Crippen MR) is 107 cm³/mol. The minimum Gasteiger partial charge on any atom is -0.496 e. The van der Waals surface area contributed by atoms with Crippen molar-refractivity contribution >= 4 is 11.8 Å². The predicted octanol–water partition coefficient (Wildman–Crippen LogP) is 3.37. The summed E-state index contributed by atoms with van der Waals surface area (Å²) in [5, 5.41) is 5.80. The third-order valence-corrected chi connectivity index (χ3v) is 4.54. The van der Waals surface area contributed by atoms with Gasteiger partial charge >= 0.3 is 0 Å². The molecule has 5 nitrogen and oxygen atoms in total. The maximum atomic E-state index is 12.7. The van der Waals surface area contributed by atoms with E-state index in [1.165, 1.54) is 7.11 Å². The fraction of sp³-hybridized carbons (Fsp3) is 0.364. The van der Waals surface area contributed by atoms with Gasteiger partial charge in [-0.1, -0.05) is 63.2 Å². The van der Waals surface area contributed by atoms with E-state index in [-0.39, 0.29) is 23.7 Å². The molecular formula is C22H28N2O3. The highest BCUT2D eigenvalue weighted by atomic mass is 16.5. The van der Waals surface area contributed by atoms with Crippen LogP contribution >= 0.6 is 0 Å². The molecule has 0 saturated heterocycles. The van der Waals surface area contributed by atoms with Crippen LogP contribution in [-0.4, -0.2) is 31.5 Å². The fourth-order valence-electron chi connectivity index (χ4n) is 2.85. The number of methoxy groups -OCH3 is 1. The van der Waals surface area contributed by atoms with Crippen LogP contribution in [-0.2, 0) is 4.79 Å². The van der Waals surface area contributed by atoms with Crippen molar-refractivity contribution in [3.8, 4) is 5.75 Å². The van der Waals surface area contributed by atoms with Crippen LogP contribution in [0, 0.1) is 5.92 Å². The van der Waals surface area contributed by atoms with Crippen LogP contribution in [0.15, 0.2) is 54.6 Å². The topological polar surface area (TPSA) is 67.4 Å². The highest BCUT2D eigenvalue weighted by molar-refractivity contribution is 5.99. The van der Waals surface area contributed by atoms with Gasteiger partial charge in [-0.05, 0) is 29.5 Å². The number of carbonyl (C=O) groups is 2. The van der Waals surface area contributed by atoms with Crippen LogP contribution in [0.5, 0.6) is 5.75 Å². The summed E-state index contributed by atoms with van der Waals surface area (Å²) in [6.07, 6.45) is 0. The Morgan fingerprint density at radius 3 is 2.22 bits per heavy atom. The Hall–Kier alpha value is -2.82. The second-order valence-corrected chi connectivity index (χ2v) is 6.95. The van der Waals surface area contributed by atoms with E-state index in [0.717, 1.165) is 5.56 Å². The highest BCUT2D eigenvalue weighted by Crippen LogP contribution is 2.18. The van der Waals surface area contributed by atoms with E-state index in [9.17, 15) is 9.59 Å². The Bertz CT molecular complexity index is 759. The largest absolute Gasteiger partial charge is 0.496 e. The molecule has 5 heteroatoms. The minimum absolute atomic E-state index is 0.0457. The molecule has 27 heavy (non-hydrogen) atoms. The van der Waals surface area contributed by atoms with Crippen LogP contribution in [0.1, 0.15) is 42.6 Å². The quantitative estimate of drug-likeness (QED) is 0.751. The van der Waals surface area contributed by atoms with Crippen molar-refractivity contribution < 1.29 is 14.3 Å². The SMILES string of the molecule is COc1ccccc1C(=O)N[C@H](C(=O)NC[C@@H](C)c1ccccc1)C(C)C. The molecule has 2 amide bonds. The summed E-state index contributed by atoms with van der Waals surface area (Å²) in [6, 6.07) is 16.4. The lowest BCUT2D eigenvalue weighted by molar-refractivity contribution is -0.124. The normalized spacial score (nSPS) is 12.9. The third kappa shape index (κ3) is 5.58. The average molecular weight is 368 g/mol. The first-order valence-corrected chi connectivity index (χ1v) is 9.20. The van der Waals surface area contributed by atoms with Gasteiger partial charge in [0.1, 0.15) is 11.8 Å². The molecule has 0 aromatic heterocycles. The maximum Gasteiger partial charge on any atom is 0.255 e. The van der Waals surface area contributed by atoms with Crippen LogP contribution in [0.3, 0.4) is 0 Å². The molecule has 2 aromatic carbocycles. The van der Waals surface area contributed by atoms with E-state index in [4.69, 9.17) is 4.74 Å². The van der Waals surface area contributed by atoms with Crippen molar-refractivity contribution in [1.82, 2.24) is 10.6 Å². The lowest BCUT2D eigenvalue weighted by Crippen LogP contribution is -2.50. The molecule has 0 aliphatic rings. The molecule has 0 unspecified atom stereocenters. The third-order valence-electron chi connectivity index (χ3n) is 4.54. The van der Waals surface area contributed by atoms with E-state index >= 15 is 0 Å². The van der Waals surface area contributed by atoms with Gasteiger partial charge in [-0.15, -0.1) is 0 Å². The number of amides is 2. The van der Waals surface area contributed by atoms with Gasteiger partial charge in [0, 0.05) is 6.54 Å². The van der Waals surface area contributed by atoms with Gasteiger partial charge in [0.15, 0.2) is 0 Å². The van der Waals surface area contributed by atoms with Crippen LogP contribution in [0.2, 0.25) is 0 Å². The van der Waals surface area contributed by atoms with Crippen molar-refractivity contribution in [2.24, 2.45) is 5.92 Å². The Morgan fingerprint density at radius 1 is 0.963 bits per heavy atom. The van der Waals surface area contributed by atoms with E-state index < -0.39 is 6.04 Å². The van der Waals surface area contributed by atoms with Gasteiger partial charge in [-0.25, -0.2) is 0 Å². The standard InChI is InChI=1S/C22H28N2O3/c1-15(2)20(24-21(25)18-12-8-9-13-19(18)27-4)22(26)23-14-16(3)17-10-6-5-7-11-17/h5-13,15-16,20H,14H2,1-4H3,(H,23,26)(H,24,25)/t16-,20+/m1/s1. The first-order chi connectivity index (χ1) is 12.9. The molecule has 2 rings (SSSR count). The van der Waals surface area contributed by atoms with Gasteiger partial charge in [0.2, 0.25) is 5.91 Å². The van der Waals surface area contributed by atoms with Gasteiger partial charge < -0.3 is 15.4 Å². The molecule has 0 fully saturated rings. The number of carbonyl (C=O) groups excluding carboxylic acids is 2. The summed E-state index contributed by atoms with van der Waals surface area (Å²) >= 11 is 0. The molecule has 0 radical (unpaired) electrons. The van der Waals surface area contributed by atoms with E-state index in [1.807, 2.05) is 44.2 Å². The molecular weight excluding hydrogens is 340 g/mol. The zero-order valence-electron chi connectivity index (χ0n) is 16.4. The van der Waals surface area contributed by atoms with Crippen LogP contribution < -0.4 is 15.4 Å².